The number of halogens is 2. The van der Waals surface area contributed by atoms with Crippen LogP contribution in [0.2, 0.25) is 0 Å². The van der Waals surface area contributed by atoms with E-state index in [1.165, 1.54) is 6.07 Å². The van der Waals surface area contributed by atoms with E-state index in [2.05, 4.69) is 15.5 Å². The lowest BCUT2D eigenvalue weighted by molar-refractivity contribution is 0.451. The van der Waals surface area contributed by atoms with E-state index in [1.807, 2.05) is 6.92 Å². The van der Waals surface area contributed by atoms with Gasteiger partial charge < -0.3 is 9.73 Å². The standard InChI is InChI=1S/C13H15F2N3O/c1-2-16-6-5-12-17-18-13(19-12)8-9-3-4-10(14)11(15)7-9/h3-4,7,16H,2,5-6,8H2,1H3. The Morgan fingerprint density at radius 1 is 1.16 bits per heavy atom. The first-order valence-electron chi connectivity index (χ1n) is 6.15. The third-order valence-electron chi connectivity index (χ3n) is 2.61. The molecule has 6 heteroatoms. The zero-order chi connectivity index (χ0) is 13.7. The molecule has 4 nitrogen and oxygen atoms in total. The quantitative estimate of drug-likeness (QED) is 0.814. The minimum Gasteiger partial charge on any atom is -0.425 e. The molecule has 0 radical (unpaired) electrons. The Hall–Kier alpha value is -1.82. The van der Waals surface area contributed by atoms with E-state index in [-0.39, 0.29) is 0 Å². The Labute approximate surface area is 109 Å². The van der Waals surface area contributed by atoms with Gasteiger partial charge in [0.25, 0.3) is 0 Å². The maximum atomic E-state index is 13.0. The second kappa shape index (κ2) is 6.38. The van der Waals surface area contributed by atoms with E-state index in [9.17, 15) is 8.78 Å². The van der Waals surface area contributed by atoms with Gasteiger partial charge in [-0.05, 0) is 24.2 Å². The molecule has 2 rings (SSSR count). The summed E-state index contributed by atoms with van der Waals surface area (Å²) in [4.78, 5) is 0. The van der Waals surface area contributed by atoms with Crippen LogP contribution in [0.25, 0.3) is 0 Å². The maximum Gasteiger partial charge on any atom is 0.220 e. The summed E-state index contributed by atoms with van der Waals surface area (Å²) >= 11 is 0. The van der Waals surface area contributed by atoms with Crippen molar-refractivity contribution in [3.8, 4) is 0 Å². The Kier molecular flexibility index (Phi) is 4.57. The highest BCUT2D eigenvalue weighted by Gasteiger charge is 2.09. The number of likely N-dealkylation sites (N-methyl/N-ethyl adjacent to an activating group) is 1. The molecule has 0 aliphatic heterocycles. The van der Waals surface area contributed by atoms with Crippen molar-refractivity contribution in [2.45, 2.75) is 19.8 Å². The lowest BCUT2D eigenvalue weighted by Crippen LogP contribution is -2.16. The second-order valence-electron chi connectivity index (χ2n) is 4.12. The topological polar surface area (TPSA) is 51.0 Å². The highest BCUT2D eigenvalue weighted by atomic mass is 19.2. The Balaban J connectivity index is 1.97. The van der Waals surface area contributed by atoms with E-state index in [1.54, 1.807) is 0 Å². The molecular formula is C13H15F2N3O. The molecule has 1 aromatic carbocycles. The van der Waals surface area contributed by atoms with Crippen LogP contribution < -0.4 is 5.32 Å². The Morgan fingerprint density at radius 2 is 1.95 bits per heavy atom. The van der Waals surface area contributed by atoms with E-state index >= 15 is 0 Å². The Bertz CT molecular complexity index is 542. The molecule has 19 heavy (non-hydrogen) atoms. The average Bonchev–Trinajstić information content (AvgIpc) is 2.82. The normalized spacial score (nSPS) is 10.9. The Morgan fingerprint density at radius 3 is 2.68 bits per heavy atom. The van der Waals surface area contributed by atoms with Crippen LogP contribution in [0.4, 0.5) is 8.78 Å². The summed E-state index contributed by atoms with van der Waals surface area (Å²) in [5.41, 5.74) is 0.598. The van der Waals surface area contributed by atoms with Crippen molar-refractivity contribution in [2.24, 2.45) is 0 Å². The predicted molar refractivity (Wildman–Crippen MR) is 65.7 cm³/mol. The first-order valence-corrected chi connectivity index (χ1v) is 6.15. The summed E-state index contributed by atoms with van der Waals surface area (Å²) in [6.07, 6.45) is 0.948. The van der Waals surface area contributed by atoms with Crippen LogP contribution in [0, 0.1) is 11.6 Å². The number of nitrogens with zero attached hydrogens (tertiary/aromatic N) is 2. The summed E-state index contributed by atoms with van der Waals surface area (Å²) in [5, 5.41) is 10.9. The van der Waals surface area contributed by atoms with Crippen molar-refractivity contribution in [3.05, 3.63) is 47.2 Å². The summed E-state index contributed by atoms with van der Waals surface area (Å²) in [6, 6.07) is 3.73. The number of aromatic nitrogens is 2. The highest BCUT2D eigenvalue weighted by Crippen LogP contribution is 2.12. The van der Waals surface area contributed by atoms with Gasteiger partial charge in [0, 0.05) is 13.0 Å². The van der Waals surface area contributed by atoms with E-state index in [0.717, 1.165) is 25.2 Å². The number of nitrogens with one attached hydrogen (secondary N) is 1. The minimum absolute atomic E-state index is 0.297. The zero-order valence-electron chi connectivity index (χ0n) is 10.6. The van der Waals surface area contributed by atoms with Gasteiger partial charge in [-0.2, -0.15) is 0 Å². The van der Waals surface area contributed by atoms with Gasteiger partial charge in [0.2, 0.25) is 11.8 Å². The van der Waals surface area contributed by atoms with Crippen LogP contribution in [0.15, 0.2) is 22.6 Å². The van der Waals surface area contributed by atoms with E-state index in [0.29, 0.717) is 30.2 Å². The van der Waals surface area contributed by atoms with Crippen molar-refractivity contribution >= 4 is 0 Å². The summed E-state index contributed by atoms with van der Waals surface area (Å²) < 4.78 is 31.2. The molecule has 102 valence electrons. The van der Waals surface area contributed by atoms with E-state index in [4.69, 9.17) is 4.42 Å². The number of benzene rings is 1. The van der Waals surface area contributed by atoms with Crippen molar-refractivity contribution in [2.75, 3.05) is 13.1 Å². The molecule has 0 spiro atoms. The molecule has 0 atom stereocenters. The fraction of sp³-hybridized carbons (Fsp3) is 0.385. The number of hydrogen-bond acceptors (Lipinski definition) is 4. The van der Waals surface area contributed by atoms with Gasteiger partial charge in [-0.25, -0.2) is 8.78 Å². The summed E-state index contributed by atoms with van der Waals surface area (Å²) in [6.45, 7) is 3.67. The van der Waals surface area contributed by atoms with Gasteiger partial charge in [-0.1, -0.05) is 13.0 Å². The van der Waals surface area contributed by atoms with Gasteiger partial charge in [0.15, 0.2) is 11.6 Å². The maximum absolute atomic E-state index is 13.0. The van der Waals surface area contributed by atoms with Crippen LogP contribution in [0.1, 0.15) is 24.3 Å². The van der Waals surface area contributed by atoms with Crippen molar-refractivity contribution < 1.29 is 13.2 Å². The summed E-state index contributed by atoms with van der Waals surface area (Å²) in [7, 11) is 0. The minimum atomic E-state index is -0.871. The van der Waals surface area contributed by atoms with Gasteiger partial charge in [0.1, 0.15) is 0 Å². The first-order chi connectivity index (χ1) is 9.19. The first kappa shape index (κ1) is 13.6. The number of rotatable bonds is 6. The van der Waals surface area contributed by atoms with Gasteiger partial charge >= 0.3 is 0 Å². The molecule has 0 saturated carbocycles. The monoisotopic (exact) mass is 267 g/mol. The second-order valence-corrected chi connectivity index (χ2v) is 4.12. The smallest absolute Gasteiger partial charge is 0.220 e. The molecule has 0 aliphatic carbocycles. The molecule has 0 fully saturated rings. The van der Waals surface area contributed by atoms with Gasteiger partial charge in [-0.15, -0.1) is 10.2 Å². The van der Waals surface area contributed by atoms with Crippen molar-refractivity contribution in [1.82, 2.24) is 15.5 Å². The molecule has 0 aliphatic rings. The van der Waals surface area contributed by atoms with Gasteiger partial charge in [-0.3, -0.25) is 0 Å². The van der Waals surface area contributed by atoms with Gasteiger partial charge in [0.05, 0.1) is 6.42 Å². The average molecular weight is 267 g/mol. The number of hydrogen-bond donors (Lipinski definition) is 1. The van der Waals surface area contributed by atoms with Crippen LogP contribution in [-0.2, 0) is 12.8 Å². The lowest BCUT2D eigenvalue weighted by Gasteiger charge is -1.98. The molecule has 0 amide bonds. The largest absolute Gasteiger partial charge is 0.425 e. The molecule has 0 bridgehead atoms. The molecule has 1 aromatic heterocycles. The third kappa shape index (κ3) is 3.82. The van der Waals surface area contributed by atoms with Crippen molar-refractivity contribution in [1.29, 1.82) is 0 Å². The summed E-state index contributed by atoms with van der Waals surface area (Å²) in [5.74, 6) is -0.791. The van der Waals surface area contributed by atoms with Crippen LogP contribution >= 0.6 is 0 Å². The van der Waals surface area contributed by atoms with Crippen LogP contribution in [0.5, 0.6) is 0 Å². The highest BCUT2D eigenvalue weighted by molar-refractivity contribution is 5.20. The SMILES string of the molecule is CCNCCc1nnc(Cc2ccc(F)c(F)c2)o1. The molecular weight excluding hydrogens is 252 g/mol. The molecule has 2 aromatic rings. The molecule has 0 saturated heterocycles. The van der Waals surface area contributed by atoms with Crippen LogP contribution in [-0.4, -0.2) is 23.3 Å². The molecule has 0 unspecified atom stereocenters. The van der Waals surface area contributed by atoms with E-state index < -0.39 is 11.6 Å². The fourth-order valence-electron chi connectivity index (χ4n) is 1.66. The third-order valence-corrected chi connectivity index (χ3v) is 2.61. The van der Waals surface area contributed by atoms with Crippen LogP contribution in [0.3, 0.4) is 0 Å². The molecule has 1 N–H and O–H groups in total. The fourth-order valence-corrected chi connectivity index (χ4v) is 1.66. The lowest BCUT2D eigenvalue weighted by atomic mass is 10.1. The van der Waals surface area contributed by atoms with Crippen molar-refractivity contribution in [3.63, 3.8) is 0 Å². The predicted octanol–water partition coefficient (Wildman–Crippen LogP) is 2.09. The zero-order valence-corrected chi connectivity index (χ0v) is 10.6. The molecule has 1 heterocycles.